The third-order valence-corrected chi connectivity index (χ3v) is 6.85. The Hall–Kier alpha value is -2.68. The first kappa shape index (κ1) is 23.5. The first-order chi connectivity index (χ1) is 16.3. The summed E-state index contributed by atoms with van der Waals surface area (Å²) in [5.74, 6) is 0.867. The first-order valence-electron chi connectivity index (χ1n) is 12.0. The van der Waals surface area contributed by atoms with Crippen LogP contribution in [-0.2, 0) is 0 Å². The van der Waals surface area contributed by atoms with Gasteiger partial charge in [0.05, 0.1) is 0 Å². The Labute approximate surface area is 203 Å². The van der Waals surface area contributed by atoms with Crippen molar-refractivity contribution in [2.24, 2.45) is 5.92 Å². The maximum absolute atomic E-state index is 6.20. The highest BCUT2D eigenvalue weighted by molar-refractivity contribution is 6.30. The zero-order valence-corrected chi connectivity index (χ0v) is 20.1. The number of likely N-dealkylation sites (N-methyl/N-ethyl adjacent to an activating group) is 1. The molecule has 1 aliphatic carbocycles. The molecule has 4 rings (SSSR count). The summed E-state index contributed by atoms with van der Waals surface area (Å²) in [6.45, 7) is 0.945. The lowest BCUT2D eigenvalue weighted by molar-refractivity contribution is 0.461. The minimum absolute atomic E-state index is 0.416. The van der Waals surface area contributed by atoms with Gasteiger partial charge in [0.2, 0.25) is 0 Å². The van der Waals surface area contributed by atoms with Crippen molar-refractivity contribution < 1.29 is 0 Å². The Morgan fingerprint density at radius 3 is 2.42 bits per heavy atom. The van der Waals surface area contributed by atoms with Gasteiger partial charge < -0.3 is 5.32 Å². The Balaban J connectivity index is 1.82. The van der Waals surface area contributed by atoms with Crippen LogP contribution in [0.2, 0.25) is 5.02 Å². The molecule has 2 atom stereocenters. The monoisotopic (exact) mass is 456 g/mol. The molecule has 1 aliphatic rings. The van der Waals surface area contributed by atoms with Crippen LogP contribution >= 0.6 is 11.6 Å². The number of rotatable bonds is 7. The van der Waals surface area contributed by atoms with E-state index in [-0.39, 0.29) is 0 Å². The largest absolute Gasteiger partial charge is 0.319 e. The fourth-order valence-corrected chi connectivity index (χ4v) is 5.12. The van der Waals surface area contributed by atoms with E-state index in [9.17, 15) is 0 Å². The van der Waals surface area contributed by atoms with Gasteiger partial charge in [-0.2, -0.15) is 0 Å². The van der Waals surface area contributed by atoms with Gasteiger partial charge in [0, 0.05) is 24.0 Å². The number of benzene rings is 2. The summed E-state index contributed by atoms with van der Waals surface area (Å²) in [6.07, 6.45) is 14.4. The Bertz CT molecular complexity index is 1060. The van der Waals surface area contributed by atoms with Crippen LogP contribution in [0.3, 0.4) is 0 Å². The minimum atomic E-state index is 0.416. The molecule has 0 bridgehead atoms. The highest BCUT2D eigenvalue weighted by Crippen LogP contribution is 2.41. The first-order valence-corrected chi connectivity index (χ1v) is 12.4. The standard InChI is InChI=1S/C30H33ClN2/c1-32-22-27(23-13-15-28(31)16-14-23)21-26-11-5-2-3-8-12-29(24-17-19-33-20-18-24)30(26)25-9-6-4-7-10-25/h4,6-10,12-20,26-27,32H,2-3,5,11,21-22H2,1H3/b12-8-,30-29+. The smallest absolute Gasteiger partial charge is 0.0406 e. The Kier molecular flexibility index (Phi) is 8.52. The van der Waals surface area contributed by atoms with Gasteiger partial charge in [0.25, 0.3) is 0 Å². The molecule has 0 saturated heterocycles. The molecule has 0 fully saturated rings. The molecule has 33 heavy (non-hydrogen) atoms. The van der Waals surface area contributed by atoms with E-state index < -0.39 is 0 Å². The van der Waals surface area contributed by atoms with Crippen molar-refractivity contribution in [3.8, 4) is 0 Å². The molecular formula is C30H33ClN2. The number of hydrogen-bond donors (Lipinski definition) is 1. The van der Waals surface area contributed by atoms with Crippen molar-refractivity contribution >= 4 is 22.7 Å². The normalized spacial score (nSPS) is 21.0. The van der Waals surface area contributed by atoms with E-state index in [0.29, 0.717) is 11.8 Å². The second-order valence-corrected chi connectivity index (χ2v) is 9.29. The van der Waals surface area contributed by atoms with Crippen LogP contribution in [0.1, 0.15) is 54.7 Å². The van der Waals surface area contributed by atoms with Gasteiger partial charge in [-0.1, -0.05) is 72.6 Å². The second kappa shape index (κ2) is 12.0. The number of halogens is 1. The molecule has 0 saturated carbocycles. The molecule has 3 aromatic rings. The molecule has 0 aliphatic heterocycles. The molecule has 2 nitrogen and oxygen atoms in total. The summed E-state index contributed by atoms with van der Waals surface area (Å²) in [4.78, 5) is 4.27. The van der Waals surface area contributed by atoms with Crippen LogP contribution in [0.25, 0.3) is 11.1 Å². The number of aromatic nitrogens is 1. The average molecular weight is 457 g/mol. The van der Waals surface area contributed by atoms with E-state index >= 15 is 0 Å². The summed E-state index contributed by atoms with van der Waals surface area (Å²) in [6, 6.07) is 23.6. The third-order valence-electron chi connectivity index (χ3n) is 6.59. The number of allylic oxidation sites excluding steroid dienone is 4. The predicted molar refractivity (Wildman–Crippen MR) is 141 cm³/mol. The van der Waals surface area contributed by atoms with Crippen LogP contribution in [0, 0.1) is 5.92 Å². The maximum atomic E-state index is 6.20. The van der Waals surface area contributed by atoms with Crippen LogP contribution in [-0.4, -0.2) is 18.6 Å². The van der Waals surface area contributed by atoms with E-state index in [1.807, 2.05) is 31.6 Å². The summed E-state index contributed by atoms with van der Waals surface area (Å²) >= 11 is 6.20. The predicted octanol–water partition coefficient (Wildman–Crippen LogP) is 7.79. The van der Waals surface area contributed by atoms with Crippen molar-refractivity contribution in [2.75, 3.05) is 13.6 Å². The average Bonchev–Trinajstić information content (AvgIpc) is 2.96. The van der Waals surface area contributed by atoms with E-state index in [1.165, 1.54) is 47.1 Å². The van der Waals surface area contributed by atoms with Crippen LogP contribution in [0.5, 0.6) is 0 Å². The molecule has 0 spiro atoms. The lowest BCUT2D eigenvalue weighted by atomic mass is 9.77. The van der Waals surface area contributed by atoms with Gasteiger partial charge in [-0.25, -0.2) is 0 Å². The fourth-order valence-electron chi connectivity index (χ4n) is 5.00. The van der Waals surface area contributed by atoms with E-state index in [0.717, 1.165) is 24.4 Å². The van der Waals surface area contributed by atoms with E-state index in [1.54, 1.807) is 0 Å². The van der Waals surface area contributed by atoms with Gasteiger partial charge in [0.1, 0.15) is 0 Å². The quantitative estimate of drug-likeness (QED) is 0.392. The van der Waals surface area contributed by atoms with Crippen molar-refractivity contribution in [3.05, 3.63) is 113 Å². The second-order valence-electron chi connectivity index (χ2n) is 8.85. The molecule has 1 heterocycles. The van der Waals surface area contributed by atoms with Gasteiger partial charge >= 0.3 is 0 Å². The SMILES string of the molecule is CNCC(CC1CCCC/C=C\C(c2ccncc2)=C/1c1ccccc1)c1ccc(Cl)cc1. The lowest BCUT2D eigenvalue weighted by Crippen LogP contribution is -2.21. The fraction of sp³-hybridized carbons (Fsp3) is 0.300. The van der Waals surface area contributed by atoms with Gasteiger partial charge in [-0.05, 0) is 96.7 Å². The molecule has 0 amide bonds. The number of nitrogens with one attached hydrogen (secondary N) is 1. The maximum Gasteiger partial charge on any atom is 0.0406 e. The molecular weight excluding hydrogens is 424 g/mol. The minimum Gasteiger partial charge on any atom is -0.319 e. The van der Waals surface area contributed by atoms with Crippen molar-refractivity contribution in [2.45, 2.75) is 38.0 Å². The Morgan fingerprint density at radius 1 is 0.939 bits per heavy atom. The summed E-state index contributed by atoms with van der Waals surface area (Å²) in [5, 5.41) is 4.23. The van der Waals surface area contributed by atoms with Crippen LogP contribution < -0.4 is 5.32 Å². The van der Waals surface area contributed by atoms with Crippen molar-refractivity contribution in [3.63, 3.8) is 0 Å². The highest BCUT2D eigenvalue weighted by Gasteiger charge is 2.25. The molecule has 1 aromatic heterocycles. The molecule has 2 unspecified atom stereocenters. The van der Waals surface area contributed by atoms with Crippen LogP contribution in [0.15, 0.2) is 91.3 Å². The third kappa shape index (κ3) is 6.22. The van der Waals surface area contributed by atoms with Gasteiger partial charge in [0.15, 0.2) is 0 Å². The summed E-state index contributed by atoms with van der Waals surface area (Å²) < 4.78 is 0. The zero-order valence-electron chi connectivity index (χ0n) is 19.4. The van der Waals surface area contributed by atoms with Crippen molar-refractivity contribution in [1.29, 1.82) is 0 Å². The Morgan fingerprint density at radius 2 is 1.70 bits per heavy atom. The summed E-state index contributed by atoms with van der Waals surface area (Å²) in [5.41, 5.74) is 6.69. The molecule has 170 valence electrons. The topological polar surface area (TPSA) is 24.9 Å². The van der Waals surface area contributed by atoms with Gasteiger partial charge in [-0.3, -0.25) is 4.98 Å². The summed E-state index contributed by atoms with van der Waals surface area (Å²) in [7, 11) is 2.05. The van der Waals surface area contributed by atoms with Crippen LogP contribution in [0.4, 0.5) is 0 Å². The van der Waals surface area contributed by atoms with Crippen molar-refractivity contribution in [1.82, 2.24) is 10.3 Å². The van der Waals surface area contributed by atoms with E-state index in [4.69, 9.17) is 11.6 Å². The number of pyridine rings is 1. The number of hydrogen-bond acceptors (Lipinski definition) is 2. The molecule has 3 heteroatoms. The molecule has 1 N–H and O–H groups in total. The molecule has 0 radical (unpaired) electrons. The molecule has 2 aromatic carbocycles. The lowest BCUT2D eigenvalue weighted by Gasteiger charge is -2.28. The van der Waals surface area contributed by atoms with E-state index in [2.05, 4.69) is 77.1 Å². The van der Waals surface area contributed by atoms with Gasteiger partial charge in [-0.15, -0.1) is 0 Å². The zero-order chi connectivity index (χ0) is 22.9. The number of nitrogens with zero attached hydrogens (tertiary/aromatic N) is 1. The highest BCUT2D eigenvalue weighted by atomic mass is 35.5.